The van der Waals surface area contributed by atoms with Crippen molar-refractivity contribution in [3.05, 3.63) is 57.3 Å². The highest BCUT2D eigenvalue weighted by Gasteiger charge is 2.24. The number of benzene rings is 1. The minimum atomic E-state index is -0.754. The Morgan fingerprint density at radius 2 is 1.97 bits per heavy atom. The third-order valence-corrected chi connectivity index (χ3v) is 6.09. The molecule has 6 nitrogen and oxygen atoms in total. The van der Waals surface area contributed by atoms with Crippen LogP contribution in [0.15, 0.2) is 30.3 Å². The van der Waals surface area contributed by atoms with Crippen molar-refractivity contribution >= 4 is 50.7 Å². The fourth-order valence-corrected chi connectivity index (χ4v) is 4.35. The maximum Gasteiger partial charge on any atom is 0.350 e. The van der Waals surface area contributed by atoms with Crippen molar-refractivity contribution in [1.29, 1.82) is 0 Å². The number of ether oxygens (including phenoxy) is 1. The zero-order valence-corrected chi connectivity index (χ0v) is 18.4. The van der Waals surface area contributed by atoms with Gasteiger partial charge in [0.15, 0.2) is 0 Å². The standard InChI is InChI=1S/C21H21ClFN3O3S/c1-4-26(5-2)11-12-9-10-13-17(18(21(28)29-3)30-20(13)24-12)25-19(27)16-14(22)7-6-8-15(16)23/h6-10H,4-5,11H2,1-3H3,(H,25,27). The molecule has 0 aliphatic heterocycles. The minimum absolute atomic E-state index is 0.0220. The Hall–Kier alpha value is -2.55. The number of thiophene rings is 1. The van der Waals surface area contributed by atoms with Gasteiger partial charge in [-0.1, -0.05) is 31.5 Å². The lowest BCUT2D eigenvalue weighted by molar-refractivity contribution is 0.0607. The molecule has 0 fully saturated rings. The molecule has 1 N–H and O–H groups in total. The number of amides is 1. The van der Waals surface area contributed by atoms with E-state index in [-0.39, 0.29) is 21.2 Å². The number of carbonyl (C=O) groups excluding carboxylic acids is 2. The summed E-state index contributed by atoms with van der Waals surface area (Å²) in [6.45, 7) is 6.59. The van der Waals surface area contributed by atoms with Gasteiger partial charge in [0.05, 0.1) is 29.1 Å². The van der Waals surface area contributed by atoms with Gasteiger partial charge in [-0.25, -0.2) is 14.2 Å². The second-order valence-corrected chi connectivity index (χ2v) is 7.87. The predicted molar refractivity (Wildman–Crippen MR) is 117 cm³/mol. The normalized spacial score (nSPS) is 11.1. The van der Waals surface area contributed by atoms with E-state index < -0.39 is 17.7 Å². The number of pyridine rings is 1. The molecule has 0 radical (unpaired) electrons. The van der Waals surface area contributed by atoms with Gasteiger partial charge in [0.1, 0.15) is 15.5 Å². The number of anilines is 1. The van der Waals surface area contributed by atoms with Crippen molar-refractivity contribution in [3.8, 4) is 0 Å². The first-order valence-corrected chi connectivity index (χ1v) is 10.6. The average Bonchev–Trinajstić information content (AvgIpc) is 3.08. The molecule has 0 unspecified atom stereocenters. The minimum Gasteiger partial charge on any atom is -0.465 e. The van der Waals surface area contributed by atoms with E-state index in [1.165, 1.54) is 19.2 Å². The molecule has 2 aromatic heterocycles. The number of rotatable bonds is 7. The average molecular weight is 450 g/mol. The SMILES string of the molecule is CCN(CC)Cc1ccc2c(NC(=O)c3c(F)cccc3Cl)c(C(=O)OC)sc2n1. The van der Waals surface area contributed by atoms with Gasteiger partial charge in [-0.3, -0.25) is 9.69 Å². The Kier molecular flexibility index (Phi) is 7.02. The summed E-state index contributed by atoms with van der Waals surface area (Å²) in [5.74, 6) is -2.12. The molecule has 3 rings (SSSR count). The Balaban J connectivity index is 2.03. The number of aromatic nitrogens is 1. The molecule has 0 atom stereocenters. The molecule has 0 saturated carbocycles. The van der Waals surface area contributed by atoms with Crippen molar-refractivity contribution < 1.29 is 18.7 Å². The van der Waals surface area contributed by atoms with Crippen molar-refractivity contribution in [2.24, 2.45) is 0 Å². The van der Waals surface area contributed by atoms with Gasteiger partial charge in [0, 0.05) is 11.9 Å². The van der Waals surface area contributed by atoms with Crippen LogP contribution in [0.4, 0.5) is 10.1 Å². The summed E-state index contributed by atoms with van der Waals surface area (Å²) in [7, 11) is 1.26. The molecular formula is C21H21ClFN3O3S. The van der Waals surface area contributed by atoms with Crippen molar-refractivity contribution in [2.75, 3.05) is 25.5 Å². The summed E-state index contributed by atoms with van der Waals surface area (Å²) in [5.41, 5.74) is 0.785. The fourth-order valence-electron chi connectivity index (χ4n) is 3.03. The lowest BCUT2D eigenvalue weighted by Crippen LogP contribution is -2.22. The maximum atomic E-state index is 14.2. The Labute approximate surface area is 182 Å². The summed E-state index contributed by atoms with van der Waals surface area (Å²) in [6.07, 6.45) is 0. The third kappa shape index (κ3) is 4.45. The maximum absolute atomic E-state index is 14.2. The summed E-state index contributed by atoms with van der Waals surface area (Å²) in [6, 6.07) is 7.63. The Morgan fingerprint density at radius 3 is 2.60 bits per heavy atom. The molecule has 3 aromatic rings. The Bertz CT molecular complexity index is 1080. The van der Waals surface area contributed by atoms with Crippen LogP contribution in [0, 0.1) is 5.82 Å². The van der Waals surface area contributed by atoms with E-state index in [1.54, 1.807) is 6.07 Å². The molecule has 1 aromatic carbocycles. The molecule has 0 spiro atoms. The van der Waals surface area contributed by atoms with Crippen molar-refractivity contribution in [1.82, 2.24) is 9.88 Å². The van der Waals surface area contributed by atoms with Gasteiger partial charge in [0.25, 0.3) is 5.91 Å². The molecule has 0 aliphatic carbocycles. The van der Waals surface area contributed by atoms with Crippen LogP contribution in [0.5, 0.6) is 0 Å². The summed E-state index contributed by atoms with van der Waals surface area (Å²) >= 11 is 7.12. The number of nitrogens with one attached hydrogen (secondary N) is 1. The molecule has 0 aliphatic rings. The van der Waals surface area contributed by atoms with Crippen LogP contribution >= 0.6 is 22.9 Å². The lowest BCUT2D eigenvalue weighted by atomic mass is 10.1. The molecule has 30 heavy (non-hydrogen) atoms. The third-order valence-electron chi connectivity index (χ3n) is 4.69. The van der Waals surface area contributed by atoms with Crippen molar-refractivity contribution in [2.45, 2.75) is 20.4 Å². The van der Waals surface area contributed by atoms with E-state index in [0.29, 0.717) is 16.8 Å². The van der Waals surface area contributed by atoms with Crippen LogP contribution in [-0.4, -0.2) is 42.0 Å². The second-order valence-electron chi connectivity index (χ2n) is 6.47. The second kappa shape index (κ2) is 9.51. The molecule has 9 heteroatoms. The van der Waals surface area contributed by atoms with E-state index in [1.807, 2.05) is 6.07 Å². The highest BCUT2D eigenvalue weighted by Crippen LogP contribution is 2.36. The van der Waals surface area contributed by atoms with Crippen LogP contribution in [0.2, 0.25) is 5.02 Å². The van der Waals surface area contributed by atoms with Gasteiger partial charge < -0.3 is 10.1 Å². The smallest absolute Gasteiger partial charge is 0.350 e. The number of hydrogen-bond donors (Lipinski definition) is 1. The van der Waals surface area contributed by atoms with Crippen LogP contribution in [0.1, 0.15) is 39.6 Å². The zero-order chi connectivity index (χ0) is 21.8. The highest BCUT2D eigenvalue weighted by atomic mass is 35.5. The van der Waals surface area contributed by atoms with Crippen molar-refractivity contribution in [3.63, 3.8) is 0 Å². The van der Waals surface area contributed by atoms with Gasteiger partial charge in [0.2, 0.25) is 0 Å². The molecule has 158 valence electrons. The molecule has 2 heterocycles. The number of fused-ring (bicyclic) bond motifs is 1. The van der Waals surface area contributed by atoms with E-state index in [0.717, 1.165) is 36.2 Å². The van der Waals surface area contributed by atoms with Gasteiger partial charge >= 0.3 is 5.97 Å². The molecule has 0 bridgehead atoms. The Morgan fingerprint density at radius 1 is 1.23 bits per heavy atom. The molecule has 0 saturated heterocycles. The summed E-state index contributed by atoms with van der Waals surface area (Å²) in [5, 5.41) is 3.18. The first-order valence-electron chi connectivity index (χ1n) is 9.38. The first kappa shape index (κ1) is 22.1. The monoisotopic (exact) mass is 449 g/mol. The highest BCUT2D eigenvalue weighted by molar-refractivity contribution is 7.21. The molecule has 1 amide bonds. The largest absolute Gasteiger partial charge is 0.465 e. The number of nitrogens with zero attached hydrogens (tertiary/aromatic N) is 2. The van der Waals surface area contributed by atoms with E-state index in [4.69, 9.17) is 16.3 Å². The number of halogens is 2. The number of esters is 1. The number of methoxy groups -OCH3 is 1. The fraction of sp³-hybridized carbons (Fsp3) is 0.286. The zero-order valence-electron chi connectivity index (χ0n) is 16.8. The number of carbonyl (C=O) groups is 2. The van der Waals surface area contributed by atoms with Crippen LogP contribution < -0.4 is 5.32 Å². The van der Waals surface area contributed by atoms with Crippen LogP contribution in [0.25, 0.3) is 10.2 Å². The predicted octanol–water partition coefficient (Wildman–Crippen LogP) is 4.97. The first-order chi connectivity index (χ1) is 14.4. The lowest BCUT2D eigenvalue weighted by Gasteiger charge is -2.17. The quantitative estimate of drug-likeness (QED) is 0.515. The number of hydrogen-bond acceptors (Lipinski definition) is 6. The van der Waals surface area contributed by atoms with E-state index in [2.05, 4.69) is 29.0 Å². The van der Waals surface area contributed by atoms with Gasteiger partial charge in [-0.15, -0.1) is 11.3 Å². The van der Waals surface area contributed by atoms with Crippen LogP contribution in [0.3, 0.4) is 0 Å². The molecular weight excluding hydrogens is 429 g/mol. The topological polar surface area (TPSA) is 71.5 Å². The summed E-state index contributed by atoms with van der Waals surface area (Å²) in [4.78, 5) is 32.7. The van der Waals surface area contributed by atoms with E-state index in [9.17, 15) is 14.0 Å². The van der Waals surface area contributed by atoms with E-state index >= 15 is 0 Å². The van der Waals surface area contributed by atoms with Gasteiger partial charge in [-0.2, -0.15) is 0 Å². The summed E-state index contributed by atoms with van der Waals surface area (Å²) < 4.78 is 19.0. The van der Waals surface area contributed by atoms with Crippen LogP contribution in [-0.2, 0) is 11.3 Å². The van der Waals surface area contributed by atoms with Gasteiger partial charge in [-0.05, 0) is 37.4 Å².